The molecule has 0 amide bonds. The first-order chi connectivity index (χ1) is 13.3. The van der Waals surface area contributed by atoms with Crippen molar-refractivity contribution < 1.29 is 23.5 Å². The van der Waals surface area contributed by atoms with Crippen LogP contribution in [0.5, 0.6) is 0 Å². The van der Waals surface area contributed by atoms with Crippen molar-refractivity contribution in [2.24, 2.45) is 0 Å². The van der Waals surface area contributed by atoms with Crippen molar-refractivity contribution in [3.8, 4) is 0 Å². The number of rotatable bonds is 7. The molecule has 0 bridgehead atoms. The molecule has 28 heavy (non-hydrogen) atoms. The number of nitrogens with zero attached hydrogens (tertiary/aromatic N) is 1. The lowest BCUT2D eigenvalue weighted by molar-refractivity contribution is 0.0479. The Hall–Kier alpha value is -2.22. The summed E-state index contributed by atoms with van der Waals surface area (Å²) in [5.74, 6) is -1.41. The fourth-order valence-electron chi connectivity index (χ4n) is 3.05. The lowest BCUT2D eigenvalue weighted by Gasteiger charge is -2.09. The number of halogens is 2. The number of carbonyl (C=O) groups is 2. The second kappa shape index (κ2) is 8.43. The highest BCUT2D eigenvalue weighted by Gasteiger charge is 2.21. The van der Waals surface area contributed by atoms with Crippen LogP contribution in [0.25, 0.3) is 10.1 Å². The van der Waals surface area contributed by atoms with E-state index < -0.39 is 18.4 Å². The SMILES string of the molecule is COCCn1c(C)cc(C(=O)COC(=O)c2sc3cc(F)ccc3c2Cl)c1C. The van der Waals surface area contributed by atoms with Crippen LogP contribution >= 0.6 is 22.9 Å². The Morgan fingerprint density at radius 1 is 1.25 bits per heavy atom. The van der Waals surface area contributed by atoms with E-state index >= 15 is 0 Å². The highest BCUT2D eigenvalue weighted by Crippen LogP contribution is 2.36. The van der Waals surface area contributed by atoms with Crippen LogP contribution in [-0.2, 0) is 16.0 Å². The number of Topliss-reactive ketones (excluding diaryl/α,β-unsaturated/α-hetero) is 1. The number of benzene rings is 1. The zero-order chi connectivity index (χ0) is 20.4. The summed E-state index contributed by atoms with van der Waals surface area (Å²) in [5, 5.41) is 0.781. The highest BCUT2D eigenvalue weighted by molar-refractivity contribution is 7.21. The zero-order valence-electron chi connectivity index (χ0n) is 15.7. The van der Waals surface area contributed by atoms with Gasteiger partial charge >= 0.3 is 5.97 Å². The Morgan fingerprint density at radius 2 is 2.00 bits per heavy atom. The van der Waals surface area contributed by atoms with Crippen molar-refractivity contribution in [2.75, 3.05) is 20.3 Å². The third-order valence-electron chi connectivity index (χ3n) is 4.50. The maximum Gasteiger partial charge on any atom is 0.350 e. The normalized spacial score (nSPS) is 11.2. The molecule has 148 valence electrons. The summed E-state index contributed by atoms with van der Waals surface area (Å²) < 4.78 is 26.2. The van der Waals surface area contributed by atoms with Crippen LogP contribution in [0.4, 0.5) is 4.39 Å². The van der Waals surface area contributed by atoms with Crippen LogP contribution in [0.1, 0.15) is 31.4 Å². The third kappa shape index (κ3) is 3.97. The molecule has 0 aliphatic rings. The quantitative estimate of drug-likeness (QED) is 0.404. The molecule has 0 aliphatic carbocycles. The molecule has 0 unspecified atom stereocenters. The summed E-state index contributed by atoms with van der Waals surface area (Å²) in [6, 6.07) is 5.87. The number of aryl methyl sites for hydroxylation is 1. The monoisotopic (exact) mass is 423 g/mol. The Balaban J connectivity index is 1.73. The largest absolute Gasteiger partial charge is 0.453 e. The number of esters is 1. The molecule has 0 saturated carbocycles. The van der Waals surface area contributed by atoms with Crippen LogP contribution in [-0.4, -0.2) is 36.6 Å². The Kier molecular flexibility index (Phi) is 6.17. The number of aromatic nitrogens is 1. The molecule has 3 aromatic rings. The Labute approximate surface area is 170 Å². The summed E-state index contributed by atoms with van der Waals surface area (Å²) in [7, 11) is 1.62. The van der Waals surface area contributed by atoms with Crippen LogP contribution in [0.3, 0.4) is 0 Å². The van der Waals surface area contributed by atoms with Gasteiger partial charge in [0.05, 0.1) is 11.6 Å². The number of thiophene rings is 1. The predicted octanol–water partition coefficient (Wildman–Crippen LogP) is 4.80. The number of hydrogen-bond acceptors (Lipinski definition) is 5. The average molecular weight is 424 g/mol. The van der Waals surface area contributed by atoms with Crippen molar-refractivity contribution in [3.63, 3.8) is 0 Å². The minimum Gasteiger partial charge on any atom is -0.453 e. The van der Waals surface area contributed by atoms with Crippen LogP contribution in [0.2, 0.25) is 5.02 Å². The number of hydrogen-bond donors (Lipinski definition) is 0. The van der Waals surface area contributed by atoms with Gasteiger partial charge in [0.25, 0.3) is 0 Å². The van der Waals surface area contributed by atoms with E-state index in [1.54, 1.807) is 13.2 Å². The van der Waals surface area contributed by atoms with E-state index in [0.29, 0.717) is 28.8 Å². The molecule has 0 saturated heterocycles. The lowest BCUT2D eigenvalue weighted by Crippen LogP contribution is -2.15. The van der Waals surface area contributed by atoms with Gasteiger partial charge in [-0.15, -0.1) is 11.3 Å². The first-order valence-corrected chi connectivity index (χ1v) is 9.76. The molecular weight excluding hydrogens is 405 g/mol. The van der Waals surface area contributed by atoms with E-state index in [2.05, 4.69) is 0 Å². The van der Waals surface area contributed by atoms with Gasteiger partial charge in [0, 0.05) is 40.7 Å². The molecule has 0 radical (unpaired) electrons. The van der Waals surface area contributed by atoms with Crippen LogP contribution in [0, 0.1) is 19.7 Å². The van der Waals surface area contributed by atoms with Crippen molar-refractivity contribution >= 4 is 44.8 Å². The molecular formula is C20H19ClFNO4S. The number of carbonyl (C=O) groups excluding carboxylic acids is 2. The van der Waals surface area contributed by atoms with Gasteiger partial charge in [0.1, 0.15) is 10.7 Å². The van der Waals surface area contributed by atoms with E-state index in [4.69, 9.17) is 21.1 Å². The summed E-state index contributed by atoms with van der Waals surface area (Å²) in [6.07, 6.45) is 0. The number of fused-ring (bicyclic) bond motifs is 1. The van der Waals surface area contributed by atoms with Crippen LogP contribution in [0.15, 0.2) is 24.3 Å². The minimum atomic E-state index is -0.701. The molecule has 1 aromatic carbocycles. The molecule has 5 nitrogen and oxygen atoms in total. The lowest BCUT2D eigenvalue weighted by atomic mass is 10.1. The average Bonchev–Trinajstić information content (AvgIpc) is 3.14. The predicted molar refractivity (Wildman–Crippen MR) is 107 cm³/mol. The third-order valence-corrected chi connectivity index (χ3v) is 6.14. The fraction of sp³-hybridized carbons (Fsp3) is 0.300. The summed E-state index contributed by atoms with van der Waals surface area (Å²) in [4.78, 5) is 25.1. The van der Waals surface area contributed by atoms with Crippen molar-refractivity contribution in [1.29, 1.82) is 0 Å². The summed E-state index contributed by atoms with van der Waals surface area (Å²) in [5.41, 5.74) is 2.23. The van der Waals surface area contributed by atoms with Gasteiger partial charge < -0.3 is 14.0 Å². The number of methoxy groups -OCH3 is 1. The zero-order valence-corrected chi connectivity index (χ0v) is 17.2. The van der Waals surface area contributed by atoms with E-state index in [1.807, 2.05) is 18.4 Å². The fourth-order valence-corrected chi connectivity index (χ4v) is 4.48. The minimum absolute atomic E-state index is 0.153. The van der Waals surface area contributed by atoms with Gasteiger partial charge in [0.15, 0.2) is 6.61 Å². The van der Waals surface area contributed by atoms with Gasteiger partial charge in [-0.1, -0.05) is 11.6 Å². The summed E-state index contributed by atoms with van der Waals surface area (Å²) >= 11 is 7.26. The first-order valence-electron chi connectivity index (χ1n) is 8.57. The molecule has 3 rings (SSSR count). The maximum absolute atomic E-state index is 13.4. The second-order valence-corrected chi connectivity index (χ2v) is 7.74. The van der Waals surface area contributed by atoms with Gasteiger partial charge in [-0.25, -0.2) is 9.18 Å². The molecule has 2 aromatic heterocycles. The molecule has 2 heterocycles. The smallest absolute Gasteiger partial charge is 0.350 e. The van der Waals surface area contributed by atoms with Crippen molar-refractivity contribution in [1.82, 2.24) is 4.57 Å². The summed E-state index contributed by atoms with van der Waals surface area (Å²) in [6.45, 7) is 4.52. The van der Waals surface area contributed by atoms with Gasteiger partial charge in [-0.3, -0.25) is 4.79 Å². The molecule has 0 spiro atoms. The van der Waals surface area contributed by atoms with Crippen LogP contribution < -0.4 is 0 Å². The van der Waals surface area contributed by atoms with Crippen molar-refractivity contribution in [2.45, 2.75) is 20.4 Å². The van der Waals surface area contributed by atoms with E-state index in [9.17, 15) is 14.0 Å². The molecule has 0 atom stereocenters. The van der Waals surface area contributed by atoms with Crippen molar-refractivity contribution in [3.05, 3.63) is 56.9 Å². The van der Waals surface area contributed by atoms with E-state index in [1.165, 1.54) is 18.2 Å². The molecule has 0 aliphatic heterocycles. The van der Waals surface area contributed by atoms with Gasteiger partial charge in [-0.05, 0) is 38.1 Å². The Bertz CT molecular complexity index is 1060. The number of ketones is 1. The number of ether oxygens (including phenoxy) is 2. The topological polar surface area (TPSA) is 57.5 Å². The second-order valence-electron chi connectivity index (χ2n) is 6.31. The van der Waals surface area contributed by atoms with Gasteiger partial charge in [-0.2, -0.15) is 0 Å². The van der Waals surface area contributed by atoms with E-state index in [0.717, 1.165) is 22.7 Å². The molecule has 0 fully saturated rings. The Morgan fingerprint density at radius 3 is 2.71 bits per heavy atom. The molecule has 0 N–H and O–H groups in total. The molecule has 8 heteroatoms. The van der Waals surface area contributed by atoms with E-state index in [-0.39, 0.29) is 15.7 Å². The maximum atomic E-state index is 13.4. The first kappa shape index (κ1) is 20.5. The highest BCUT2D eigenvalue weighted by atomic mass is 35.5. The van der Waals surface area contributed by atoms with Gasteiger partial charge in [0.2, 0.25) is 5.78 Å². The standard InChI is InChI=1S/C20H19ClFNO4S/c1-11-8-15(12(2)23(11)6-7-26-3)16(24)10-27-20(25)19-18(21)14-5-4-13(22)9-17(14)28-19/h4-5,8-9H,6-7,10H2,1-3H3.